The molecule has 1 saturated heterocycles. The summed E-state index contributed by atoms with van der Waals surface area (Å²) in [4.78, 5) is 25.5. The number of rotatable bonds is 5. The predicted molar refractivity (Wildman–Crippen MR) is 110 cm³/mol. The zero-order valence-electron chi connectivity index (χ0n) is 15.4. The van der Waals surface area contributed by atoms with Crippen molar-refractivity contribution < 1.29 is 23.9 Å². The summed E-state index contributed by atoms with van der Waals surface area (Å²) in [7, 11) is 1.44. The minimum atomic E-state index is -0.780. The van der Waals surface area contributed by atoms with E-state index in [2.05, 4.69) is 0 Å². The van der Waals surface area contributed by atoms with Gasteiger partial charge in [-0.15, -0.1) is 0 Å². The molecule has 0 aliphatic carbocycles. The van der Waals surface area contributed by atoms with Crippen molar-refractivity contribution in [2.75, 3.05) is 33.4 Å². The first kappa shape index (κ1) is 21.0. The van der Waals surface area contributed by atoms with Gasteiger partial charge < -0.3 is 19.1 Å². The number of benzene rings is 2. The molecule has 2 aromatic carbocycles. The number of esters is 1. The number of hydrogen-bond donors (Lipinski definition) is 0. The van der Waals surface area contributed by atoms with Gasteiger partial charge in [-0.3, -0.25) is 10.1 Å². The van der Waals surface area contributed by atoms with Crippen LogP contribution in [0.4, 0.5) is 5.69 Å². The highest BCUT2D eigenvalue weighted by Crippen LogP contribution is 2.31. The van der Waals surface area contributed by atoms with E-state index in [1.54, 1.807) is 18.2 Å². The molecule has 10 heteroatoms. The van der Waals surface area contributed by atoms with Crippen LogP contribution >= 0.6 is 23.8 Å². The number of halogens is 1. The Hall–Kier alpha value is -2.75. The second-order valence-corrected chi connectivity index (χ2v) is 6.88. The molecule has 0 unspecified atom stereocenters. The van der Waals surface area contributed by atoms with Crippen LogP contribution in [0.1, 0.15) is 15.9 Å². The van der Waals surface area contributed by atoms with E-state index in [0.717, 1.165) is 6.07 Å². The lowest BCUT2D eigenvalue weighted by Gasteiger charge is -2.29. The molecule has 0 N–H and O–H groups in total. The first-order valence-corrected chi connectivity index (χ1v) is 9.40. The van der Waals surface area contributed by atoms with E-state index < -0.39 is 10.9 Å². The van der Waals surface area contributed by atoms with Gasteiger partial charge in [0.15, 0.2) is 11.5 Å². The van der Waals surface area contributed by atoms with Gasteiger partial charge in [0.2, 0.25) is 0 Å². The van der Waals surface area contributed by atoms with Gasteiger partial charge >= 0.3 is 5.97 Å². The molecular weight excluding hydrogens is 420 g/mol. The Bertz CT molecular complexity index is 962. The average molecular weight is 437 g/mol. The van der Waals surface area contributed by atoms with Crippen molar-refractivity contribution in [3.8, 4) is 11.5 Å². The number of nitrogens with zero attached hydrogens (tertiary/aromatic N) is 2. The van der Waals surface area contributed by atoms with Crippen molar-refractivity contribution in [1.29, 1.82) is 0 Å². The van der Waals surface area contributed by atoms with Crippen LogP contribution in [0.2, 0.25) is 5.02 Å². The number of carbonyl (C=O) groups is 1. The third kappa shape index (κ3) is 4.81. The van der Waals surface area contributed by atoms with Crippen molar-refractivity contribution in [3.05, 3.63) is 62.7 Å². The standard InChI is InChI=1S/C19H17ClN2O6S/c1-26-16-5-3-12(18(29)21-6-8-27-9-7-21)11-17(16)28-19(23)13-2-4-14(20)15(10-13)22(24)25/h2-5,10-11H,6-9H2,1H3. The first-order chi connectivity index (χ1) is 13.9. The van der Waals surface area contributed by atoms with Gasteiger partial charge in [-0.05, 0) is 30.3 Å². The van der Waals surface area contributed by atoms with Gasteiger partial charge in [0, 0.05) is 24.7 Å². The largest absolute Gasteiger partial charge is 0.493 e. The van der Waals surface area contributed by atoms with Crippen LogP contribution in [0.25, 0.3) is 0 Å². The quantitative estimate of drug-likeness (QED) is 0.231. The number of thiocarbonyl (C=S) groups is 1. The van der Waals surface area contributed by atoms with Crippen molar-refractivity contribution in [2.24, 2.45) is 0 Å². The molecule has 3 rings (SSSR count). The SMILES string of the molecule is COc1ccc(C(=S)N2CCOCC2)cc1OC(=O)c1ccc(Cl)c([N+](=O)[O-])c1. The summed E-state index contributed by atoms with van der Waals surface area (Å²) in [6.07, 6.45) is 0. The Balaban J connectivity index is 1.85. The molecule has 1 fully saturated rings. The molecule has 1 aliphatic heterocycles. The average Bonchev–Trinajstić information content (AvgIpc) is 2.73. The van der Waals surface area contributed by atoms with Gasteiger partial charge in [-0.1, -0.05) is 23.8 Å². The minimum absolute atomic E-state index is 0.00990. The molecule has 29 heavy (non-hydrogen) atoms. The Morgan fingerprint density at radius 3 is 2.52 bits per heavy atom. The summed E-state index contributed by atoms with van der Waals surface area (Å²) in [5.41, 5.74) is 0.298. The van der Waals surface area contributed by atoms with Gasteiger partial charge in [0.25, 0.3) is 5.69 Å². The Labute approximate surface area is 177 Å². The fourth-order valence-electron chi connectivity index (χ4n) is 2.78. The lowest BCUT2D eigenvalue weighted by atomic mass is 10.1. The normalized spacial score (nSPS) is 13.7. The highest BCUT2D eigenvalue weighted by Gasteiger charge is 2.21. The highest BCUT2D eigenvalue weighted by atomic mass is 35.5. The van der Waals surface area contributed by atoms with Crippen molar-refractivity contribution in [3.63, 3.8) is 0 Å². The Morgan fingerprint density at radius 1 is 1.17 bits per heavy atom. The third-order valence-electron chi connectivity index (χ3n) is 4.29. The maximum atomic E-state index is 12.5. The molecule has 0 amide bonds. The topological polar surface area (TPSA) is 91.1 Å². The maximum absolute atomic E-state index is 12.5. The van der Waals surface area contributed by atoms with Crippen LogP contribution in [-0.2, 0) is 4.74 Å². The van der Waals surface area contributed by atoms with Gasteiger partial charge in [-0.2, -0.15) is 0 Å². The van der Waals surface area contributed by atoms with E-state index in [4.69, 9.17) is 38.0 Å². The molecule has 1 heterocycles. The first-order valence-electron chi connectivity index (χ1n) is 8.62. The van der Waals surface area contributed by atoms with E-state index in [1.165, 1.54) is 19.2 Å². The van der Waals surface area contributed by atoms with Crippen molar-refractivity contribution in [2.45, 2.75) is 0 Å². The number of hydrogen-bond acceptors (Lipinski definition) is 7. The minimum Gasteiger partial charge on any atom is -0.493 e. The van der Waals surface area contributed by atoms with Gasteiger partial charge in [0.1, 0.15) is 10.0 Å². The smallest absolute Gasteiger partial charge is 0.343 e. The van der Waals surface area contributed by atoms with E-state index in [1.807, 2.05) is 4.90 Å². The van der Waals surface area contributed by atoms with Crippen molar-refractivity contribution >= 4 is 40.5 Å². The number of methoxy groups -OCH3 is 1. The molecule has 1 aliphatic rings. The molecule has 2 aromatic rings. The summed E-state index contributed by atoms with van der Waals surface area (Å²) < 4.78 is 16.0. The highest BCUT2D eigenvalue weighted by molar-refractivity contribution is 7.80. The molecule has 152 valence electrons. The lowest BCUT2D eigenvalue weighted by molar-refractivity contribution is -0.384. The maximum Gasteiger partial charge on any atom is 0.343 e. The lowest BCUT2D eigenvalue weighted by Crippen LogP contribution is -2.40. The molecule has 0 saturated carbocycles. The molecule has 0 bridgehead atoms. The van der Waals surface area contributed by atoms with E-state index in [0.29, 0.717) is 42.6 Å². The van der Waals surface area contributed by atoms with Crippen LogP contribution in [0, 0.1) is 10.1 Å². The number of nitro groups is 1. The van der Waals surface area contributed by atoms with Crippen LogP contribution in [0.3, 0.4) is 0 Å². The zero-order valence-corrected chi connectivity index (χ0v) is 17.0. The fourth-order valence-corrected chi connectivity index (χ4v) is 3.27. The number of morpholine rings is 1. The Morgan fingerprint density at radius 2 is 1.86 bits per heavy atom. The van der Waals surface area contributed by atoms with Crippen LogP contribution < -0.4 is 9.47 Å². The molecule has 0 spiro atoms. The number of nitro benzene ring substituents is 1. The van der Waals surface area contributed by atoms with Gasteiger partial charge in [0.05, 0.1) is 30.8 Å². The van der Waals surface area contributed by atoms with Crippen molar-refractivity contribution in [1.82, 2.24) is 4.90 Å². The molecule has 0 radical (unpaired) electrons. The van der Waals surface area contributed by atoms with E-state index >= 15 is 0 Å². The molecule has 0 atom stereocenters. The van der Waals surface area contributed by atoms with Crippen LogP contribution in [0.5, 0.6) is 11.5 Å². The summed E-state index contributed by atoms with van der Waals surface area (Å²) >= 11 is 11.3. The predicted octanol–water partition coefficient (Wildman–Crippen LogP) is 3.48. The summed E-state index contributed by atoms with van der Waals surface area (Å²) in [6.45, 7) is 2.53. The Kier molecular flexibility index (Phi) is 6.63. The van der Waals surface area contributed by atoms with E-state index in [9.17, 15) is 14.9 Å². The molecule has 0 aromatic heterocycles. The van der Waals surface area contributed by atoms with Crippen LogP contribution in [0.15, 0.2) is 36.4 Å². The van der Waals surface area contributed by atoms with E-state index in [-0.39, 0.29) is 22.0 Å². The second kappa shape index (κ2) is 9.17. The summed E-state index contributed by atoms with van der Waals surface area (Å²) in [6, 6.07) is 8.73. The zero-order chi connectivity index (χ0) is 21.0. The third-order valence-corrected chi connectivity index (χ3v) is 5.10. The molecular formula is C19H17ClN2O6S. The fraction of sp³-hybridized carbons (Fsp3) is 0.263. The number of carbonyl (C=O) groups excluding carboxylic acids is 1. The summed E-state index contributed by atoms with van der Waals surface area (Å²) in [5.74, 6) is -0.295. The monoisotopic (exact) mass is 436 g/mol. The molecule has 8 nitrogen and oxygen atoms in total. The van der Waals surface area contributed by atoms with Gasteiger partial charge in [-0.25, -0.2) is 4.79 Å². The summed E-state index contributed by atoms with van der Waals surface area (Å²) in [5, 5.41) is 11.0. The number of ether oxygens (including phenoxy) is 3. The second-order valence-electron chi connectivity index (χ2n) is 6.08. The van der Waals surface area contributed by atoms with Crippen LogP contribution in [-0.4, -0.2) is 54.2 Å².